The Balaban J connectivity index is 1.55. The van der Waals surface area contributed by atoms with Gasteiger partial charge < -0.3 is 19.5 Å². The topological polar surface area (TPSA) is 97.6 Å². The van der Waals surface area contributed by atoms with Crippen LogP contribution in [0.1, 0.15) is 41.1 Å². The number of rotatable bonds is 8. The van der Waals surface area contributed by atoms with E-state index in [-0.39, 0.29) is 30.0 Å². The molecule has 0 aromatic carbocycles. The van der Waals surface area contributed by atoms with Gasteiger partial charge in [-0.1, -0.05) is 11.2 Å². The van der Waals surface area contributed by atoms with Crippen LogP contribution >= 0.6 is 0 Å². The molecule has 8 nitrogen and oxygen atoms in total. The molecule has 1 unspecified atom stereocenters. The van der Waals surface area contributed by atoms with Crippen LogP contribution in [0.25, 0.3) is 0 Å². The molecule has 3 rings (SSSR count). The van der Waals surface area contributed by atoms with E-state index in [2.05, 4.69) is 15.5 Å². The van der Waals surface area contributed by atoms with Crippen molar-refractivity contribution in [2.75, 3.05) is 19.7 Å². The third-order valence-corrected chi connectivity index (χ3v) is 4.40. The molecule has 1 N–H and O–H groups in total. The van der Waals surface area contributed by atoms with Gasteiger partial charge in [-0.15, -0.1) is 0 Å². The third-order valence-electron chi connectivity index (χ3n) is 4.40. The molecule has 1 fully saturated rings. The van der Waals surface area contributed by atoms with Crippen LogP contribution < -0.4 is 5.32 Å². The Bertz CT molecular complexity index is 756. The lowest BCUT2D eigenvalue weighted by Gasteiger charge is -2.24. The van der Waals surface area contributed by atoms with Crippen molar-refractivity contribution in [3.05, 3.63) is 47.6 Å². The summed E-state index contributed by atoms with van der Waals surface area (Å²) in [6.45, 7) is 3.60. The molecule has 1 saturated heterocycles. The Morgan fingerprint density at radius 1 is 1.41 bits per heavy atom. The van der Waals surface area contributed by atoms with Gasteiger partial charge in [0.05, 0.1) is 6.10 Å². The molecule has 144 valence electrons. The summed E-state index contributed by atoms with van der Waals surface area (Å²) in [7, 11) is 0. The van der Waals surface area contributed by atoms with Gasteiger partial charge in [0.25, 0.3) is 5.91 Å². The van der Waals surface area contributed by atoms with Gasteiger partial charge in [0, 0.05) is 51.1 Å². The molecule has 0 spiro atoms. The fraction of sp³-hybridized carbons (Fsp3) is 0.474. The maximum absolute atomic E-state index is 12.7. The molecule has 0 saturated carbocycles. The number of aromatic nitrogens is 2. The third kappa shape index (κ3) is 5.62. The number of aryl methyl sites for hydroxylation is 1. The highest BCUT2D eigenvalue weighted by atomic mass is 16.5. The second-order valence-electron chi connectivity index (χ2n) is 6.60. The van der Waals surface area contributed by atoms with E-state index in [9.17, 15) is 9.59 Å². The van der Waals surface area contributed by atoms with Gasteiger partial charge >= 0.3 is 0 Å². The summed E-state index contributed by atoms with van der Waals surface area (Å²) in [4.78, 5) is 30.6. The number of carbonyl (C=O) groups excluding carboxylic acids is 2. The molecule has 3 heterocycles. The number of hydrogen-bond donors (Lipinski definition) is 1. The van der Waals surface area contributed by atoms with E-state index >= 15 is 0 Å². The number of nitrogens with one attached hydrogen (secondary N) is 1. The second kappa shape index (κ2) is 9.27. The zero-order chi connectivity index (χ0) is 19.1. The van der Waals surface area contributed by atoms with Crippen molar-refractivity contribution >= 4 is 11.8 Å². The summed E-state index contributed by atoms with van der Waals surface area (Å²) in [5.41, 5.74) is 1.18. The summed E-state index contributed by atoms with van der Waals surface area (Å²) in [6, 6.07) is 5.32. The molecule has 2 aromatic heterocycles. The van der Waals surface area contributed by atoms with Crippen molar-refractivity contribution in [1.29, 1.82) is 0 Å². The Morgan fingerprint density at radius 3 is 2.96 bits per heavy atom. The average Bonchev–Trinajstić information content (AvgIpc) is 3.35. The highest BCUT2D eigenvalue weighted by Crippen LogP contribution is 2.15. The molecule has 1 aliphatic heterocycles. The van der Waals surface area contributed by atoms with Crippen LogP contribution in [0, 0.1) is 6.92 Å². The summed E-state index contributed by atoms with van der Waals surface area (Å²) >= 11 is 0. The van der Waals surface area contributed by atoms with Gasteiger partial charge in [0.1, 0.15) is 5.76 Å². The predicted molar refractivity (Wildman–Crippen MR) is 96.8 cm³/mol. The number of amides is 2. The minimum atomic E-state index is -0.248. The standard InChI is InChI=1S/C19H24N4O4/c1-14-10-17(22-27-14)19(25)23(13-16-5-3-9-26-16)8-6-18(24)21-12-15-4-2-7-20-11-15/h2,4,7,10-11,16H,3,5-6,8-9,12-13H2,1H3,(H,21,24). The van der Waals surface area contributed by atoms with Crippen LogP contribution in [0.4, 0.5) is 0 Å². The van der Waals surface area contributed by atoms with Crippen molar-refractivity contribution in [3.63, 3.8) is 0 Å². The van der Waals surface area contributed by atoms with E-state index in [0.29, 0.717) is 32.0 Å². The highest BCUT2D eigenvalue weighted by molar-refractivity contribution is 5.92. The first kappa shape index (κ1) is 19.0. The number of carbonyl (C=O) groups is 2. The minimum Gasteiger partial charge on any atom is -0.376 e. The number of nitrogens with zero attached hydrogens (tertiary/aromatic N) is 3. The van der Waals surface area contributed by atoms with Gasteiger partial charge in [-0.3, -0.25) is 14.6 Å². The molecule has 0 aliphatic carbocycles. The van der Waals surface area contributed by atoms with Crippen LogP contribution in [0.3, 0.4) is 0 Å². The normalized spacial score (nSPS) is 16.3. The molecule has 1 aliphatic rings. The van der Waals surface area contributed by atoms with E-state index in [1.165, 1.54) is 0 Å². The fourth-order valence-corrected chi connectivity index (χ4v) is 2.97. The molecular weight excluding hydrogens is 348 g/mol. The van der Waals surface area contributed by atoms with Crippen molar-refractivity contribution in [2.45, 2.75) is 38.8 Å². The fourth-order valence-electron chi connectivity index (χ4n) is 2.97. The monoisotopic (exact) mass is 372 g/mol. The first-order chi connectivity index (χ1) is 13.1. The van der Waals surface area contributed by atoms with Gasteiger partial charge in [0.15, 0.2) is 5.69 Å². The van der Waals surface area contributed by atoms with Crippen molar-refractivity contribution in [1.82, 2.24) is 20.4 Å². The molecule has 0 radical (unpaired) electrons. The molecule has 27 heavy (non-hydrogen) atoms. The molecule has 1 atom stereocenters. The Hall–Kier alpha value is -2.74. The minimum absolute atomic E-state index is 0.000373. The first-order valence-electron chi connectivity index (χ1n) is 9.11. The van der Waals surface area contributed by atoms with E-state index in [0.717, 1.165) is 18.4 Å². The number of ether oxygens (including phenoxy) is 1. The van der Waals surface area contributed by atoms with E-state index in [1.54, 1.807) is 30.3 Å². The predicted octanol–water partition coefficient (Wildman–Crippen LogP) is 1.71. The zero-order valence-electron chi connectivity index (χ0n) is 15.4. The Morgan fingerprint density at radius 2 is 2.30 bits per heavy atom. The van der Waals surface area contributed by atoms with E-state index in [4.69, 9.17) is 9.26 Å². The lowest BCUT2D eigenvalue weighted by Crippen LogP contribution is -2.40. The number of pyridine rings is 1. The SMILES string of the molecule is Cc1cc(C(=O)N(CCC(=O)NCc2cccnc2)CC2CCCO2)no1. The van der Waals surface area contributed by atoms with Crippen LogP contribution in [0.2, 0.25) is 0 Å². The van der Waals surface area contributed by atoms with Gasteiger partial charge in [-0.25, -0.2) is 0 Å². The molecular formula is C19H24N4O4. The average molecular weight is 372 g/mol. The maximum atomic E-state index is 12.7. The smallest absolute Gasteiger partial charge is 0.276 e. The highest BCUT2D eigenvalue weighted by Gasteiger charge is 2.25. The summed E-state index contributed by atoms with van der Waals surface area (Å²) in [5.74, 6) is 0.201. The number of hydrogen-bond acceptors (Lipinski definition) is 6. The Kier molecular flexibility index (Phi) is 6.54. The van der Waals surface area contributed by atoms with Crippen molar-refractivity contribution < 1.29 is 18.8 Å². The summed E-state index contributed by atoms with van der Waals surface area (Å²) < 4.78 is 10.6. The molecule has 2 amide bonds. The van der Waals surface area contributed by atoms with Gasteiger partial charge in [-0.05, 0) is 31.4 Å². The summed E-state index contributed by atoms with van der Waals surface area (Å²) in [5, 5.41) is 6.65. The van der Waals surface area contributed by atoms with E-state index < -0.39 is 0 Å². The van der Waals surface area contributed by atoms with Crippen LogP contribution in [0.15, 0.2) is 35.1 Å². The van der Waals surface area contributed by atoms with Gasteiger partial charge in [-0.2, -0.15) is 0 Å². The molecule has 0 bridgehead atoms. The molecule has 2 aromatic rings. The molecule has 8 heteroatoms. The lowest BCUT2D eigenvalue weighted by atomic mass is 10.2. The van der Waals surface area contributed by atoms with Crippen molar-refractivity contribution in [3.8, 4) is 0 Å². The largest absolute Gasteiger partial charge is 0.376 e. The van der Waals surface area contributed by atoms with E-state index in [1.807, 2.05) is 12.1 Å². The Labute approximate surface area is 157 Å². The van der Waals surface area contributed by atoms with Gasteiger partial charge in [0.2, 0.25) is 5.91 Å². The van der Waals surface area contributed by atoms with Crippen LogP contribution in [-0.2, 0) is 16.1 Å². The lowest BCUT2D eigenvalue weighted by molar-refractivity contribution is -0.121. The van der Waals surface area contributed by atoms with Crippen LogP contribution in [-0.4, -0.2) is 52.7 Å². The maximum Gasteiger partial charge on any atom is 0.276 e. The first-order valence-corrected chi connectivity index (χ1v) is 9.11. The summed E-state index contributed by atoms with van der Waals surface area (Å²) in [6.07, 6.45) is 5.50. The van der Waals surface area contributed by atoms with Crippen LogP contribution in [0.5, 0.6) is 0 Å². The second-order valence-corrected chi connectivity index (χ2v) is 6.60. The quantitative estimate of drug-likeness (QED) is 0.757. The van der Waals surface area contributed by atoms with Crippen molar-refractivity contribution in [2.24, 2.45) is 0 Å². The zero-order valence-corrected chi connectivity index (χ0v) is 15.4.